The standard InChI is InChI=1S/C12H23N/c1-10-6-11(2)8-12(7-10)4-3-5-13-9-12/h10-11,13H,3-9H2,1-2H3. The highest BCUT2D eigenvalue weighted by molar-refractivity contribution is 4.91. The Labute approximate surface area is 82.3 Å². The summed E-state index contributed by atoms with van der Waals surface area (Å²) in [6, 6.07) is 0. The molecular formula is C12H23N. The first-order valence-corrected chi connectivity index (χ1v) is 5.91. The van der Waals surface area contributed by atoms with Crippen LogP contribution in [0.5, 0.6) is 0 Å². The van der Waals surface area contributed by atoms with Crippen LogP contribution >= 0.6 is 0 Å². The van der Waals surface area contributed by atoms with Crippen LogP contribution < -0.4 is 5.32 Å². The molecule has 1 aliphatic carbocycles. The van der Waals surface area contributed by atoms with Gasteiger partial charge in [0.2, 0.25) is 0 Å². The van der Waals surface area contributed by atoms with E-state index in [1.807, 2.05) is 0 Å². The highest BCUT2D eigenvalue weighted by Gasteiger charge is 2.38. The second-order valence-corrected chi connectivity index (χ2v) is 5.63. The van der Waals surface area contributed by atoms with E-state index in [0.717, 1.165) is 11.8 Å². The normalized spacial score (nSPS) is 46.6. The summed E-state index contributed by atoms with van der Waals surface area (Å²) in [5.74, 6) is 1.92. The molecule has 0 aromatic carbocycles. The van der Waals surface area contributed by atoms with Crippen LogP contribution in [0, 0.1) is 17.3 Å². The van der Waals surface area contributed by atoms with Crippen LogP contribution in [0.2, 0.25) is 0 Å². The van der Waals surface area contributed by atoms with Crippen molar-refractivity contribution in [1.29, 1.82) is 0 Å². The maximum Gasteiger partial charge on any atom is 0.000801 e. The van der Waals surface area contributed by atoms with Gasteiger partial charge in [-0.1, -0.05) is 13.8 Å². The fourth-order valence-electron chi connectivity index (χ4n) is 3.79. The smallest absolute Gasteiger partial charge is 0.000801 e. The molecule has 13 heavy (non-hydrogen) atoms. The van der Waals surface area contributed by atoms with E-state index >= 15 is 0 Å². The Morgan fingerprint density at radius 2 is 1.85 bits per heavy atom. The van der Waals surface area contributed by atoms with Crippen molar-refractivity contribution in [3.8, 4) is 0 Å². The van der Waals surface area contributed by atoms with E-state index in [1.54, 1.807) is 0 Å². The van der Waals surface area contributed by atoms with Crippen molar-refractivity contribution >= 4 is 0 Å². The zero-order valence-corrected chi connectivity index (χ0v) is 9.10. The Morgan fingerprint density at radius 3 is 2.38 bits per heavy atom. The number of piperidine rings is 1. The Kier molecular flexibility index (Phi) is 2.64. The highest BCUT2D eigenvalue weighted by atomic mass is 14.9. The summed E-state index contributed by atoms with van der Waals surface area (Å²) in [6.07, 6.45) is 7.30. The maximum atomic E-state index is 3.59. The minimum absolute atomic E-state index is 0.690. The van der Waals surface area contributed by atoms with E-state index in [-0.39, 0.29) is 0 Å². The molecular weight excluding hydrogens is 158 g/mol. The Bertz CT molecular complexity index is 158. The van der Waals surface area contributed by atoms with Gasteiger partial charge in [0.05, 0.1) is 0 Å². The predicted molar refractivity (Wildman–Crippen MR) is 56.7 cm³/mol. The van der Waals surface area contributed by atoms with Crippen LogP contribution in [0.15, 0.2) is 0 Å². The lowest BCUT2D eigenvalue weighted by Crippen LogP contribution is -2.44. The van der Waals surface area contributed by atoms with Crippen molar-refractivity contribution in [2.24, 2.45) is 17.3 Å². The first kappa shape index (κ1) is 9.51. The minimum atomic E-state index is 0.690. The summed E-state index contributed by atoms with van der Waals surface area (Å²) in [5, 5.41) is 3.59. The molecule has 1 N–H and O–H groups in total. The fraction of sp³-hybridized carbons (Fsp3) is 1.00. The summed E-state index contributed by atoms with van der Waals surface area (Å²) in [4.78, 5) is 0. The predicted octanol–water partition coefficient (Wildman–Crippen LogP) is 2.81. The summed E-state index contributed by atoms with van der Waals surface area (Å²) >= 11 is 0. The van der Waals surface area contributed by atoms with Crippen LogP contribution in [0.25, 0.3) is 0 Å². The number of rotatable bonds is 0. The largest absolute Gasteiger partial charge is 0.316 e. The van der Waals surface area contributed by atoms with Gasteiger partial charge in [-0.25, -0.2) is 0 Å². The van der Waals surface area contributed by atoms with Gasteiger partial charge in [0.15, 0.2) is 0 Å². The van der Waals surface area contributed by atoms with Gasteiger partial charge in [-0.05, 0) is 55.9 Å². The average molecular weight is 181 g/mol. The molecule has 2 unspecified atom stereocenters. The van der Waals surface area contributed by atoms with Crippen molar-refractivity contribution < 1.29 is 0 Å². The SMILES string of the molecule is CC1CC(C)CC2(CCCNC2)C1. The van der Waals surface area contributed by atoms with E-state index < -0.39 is 0 Å². The van der Waals surface area contributed by atoms with Gasteiger partial charge in [-0.2, -0.15) is 0 Å². The van der Waals surface area contributed by atoms with E-state index in [9.17, 15) is 0 Å². The minimum Gasteiger partial charge on any atom is -0.316 e. The molecule has 1 nitrogen and oxygen atoms in total. The van der Waals surface area contributed by atoms with Crippen LogP contribution in [0.4, 0.5) is 0 Å². The van der Waals surface area contributed by atoms with Gasteiger partial charge in [0.25, 0.3) is 0 Å². The van der Waals surface area contributed by atoms with Gasteiger partial charge in [0.1, 0.15) is 0 Å². The van der Waals surface area contributed by atoms with Gasteiger partial charge < -0.3 is 5.32 Å². The zero-order valence-electron chi connectivity index (χ0n) is 9.10. The molecule has 0 aromatic rings. The molecule has 0 aromatic heterocycles. The van der Waals surface area contributed by atoms with Crippen LogP contribution in [0.3, 0.4) is 0 Å². The fourth-order valence-corrected chi connectivity index (χ4v) is 3.79. The van der Waals surface area contributed by atoms with Gasteiger partial charge >= 0.3 is 0 Å². The molecule has 2 rings (SSSR count). The quantitative estimate of drug-likeness (QED) is 0.606. The molecule has 2 fully saturated rings. The second-order valence-electron chi connectivity index (χ2n) is 5.63. The van der Waals surface area contributed by atoms with Gasteiger partial charge in [-0.3, -0.25) is 0 Å². The van der Waals surface area contributed by atoms with E-state index in [2.05, 4.69) is 19.2 Å². The third-order valence-corrected chi connectivity index (χ3v) is 3.93. The summed E-state index contributed by atoms with van der Waals surface area (Å²) in [5.41, 5.74) is 0.690. The lowest BCUT2D eigenvalue weighted by Gasteiger charge is -2.45. The zero-order chi connectivity index (χ0) is 9.31. The monoisotopic (exact) mass is 181 g/mol. The lowest BCUT2D eigenvalue weighted by atomic mass is 9.63. The van der Waals surface area contributed by atoms with Crippen LogP contribution in [0.1, 0.15) is 46.0 Å². The van der Waals surface area contributed by atoms with Crippen molar-refractivity contribution in [1.82, 2.24) is 5.32 Å². The molecule has 2 atom stereocenters. The summed E-state index contributed by atoms with van der Waals surface area (Å²) in [6.45, 7) is 7.42. The van der Waals surface area contributed by atoms with Gasteiger partial charge in [0, 0.05) is 6.54 Å². The third-order valence-electron chi connectivity index (χ3n) is 3.93. The molecule has 1 saturated carbocycles. The summed E-state index contributed by atoms with van der Waals surface area (Å²) in [7, 11) is 0. The van der Waals surface area contributed by atoms with Crippen molar-refractivity contribution in [2.75, 3.05) is 13.1 Å². The van der Waals surface area contributed by atoms with Crippen LogP contribution in [-0.2, 0) is 0 Å². The highest BCUT2D eigenvalue weighted by Crippen LogP contribution is 2.45. The Morgan fingerprint density at radius 1 is 1.15 bits per heavy atom. The maximum absolute atomic E-state index is 3.59. The van der Waals surface area contributed by atoms with E-state index in [1.165, 1.54) is 45.2 Å². The molecule has 1 spiro atoms. The second kappa shape index (κ2) is 3.61. The molecule has 0 radical (unpaired) electrons. The molecule has 1 aliphatic heterocycles. The molecule has 1 heteroatoms. The van der Waals surface area contributed by atoms with Crippen LogP contribution in [-0.4, -0.2) is 13.1 Å². The van der Waals surface area contributed by atoms with Gasteiger partial charge in [-0.15, -0.1) is 0 Å². The molecule has 1 saturated heterocycles. The molecule has 2 aliphatic rings. The van der Waals surface area contributed by atoms with E-state index in [0.29, 0.717) is 5.41 Å². The molecule has 1 heterocycles. The topological polar surface area (TPSA) is 12.0 Å². The summed E-state index contributed by atoms with van der Waals surface area (Å²) < 4.78 is 0. The van der Waals surface area contributed by atoms with E-state index in [4.69, 9.17) is 0 Å². The lowest BCUT2D eigenvalue weighted by molar-refractivity contribution is 0.0755. The average Bonchev–Trinajstić information content (AvgIpc) is 2.02. The third kappa shape index (κ3) is 2.07. The van der Waals surface area contributed by atoms with Crippen molar-refractivity contribution in [2.45, 2.75) is 46.0 Å². The number of nitrogens with one attached hydrogen (secondary N) is 1. The Balaban J connectivity index is 2.02. The first-order valence-electron chi connectivity index (χ1n) is 5.91. The molecule has 0 bridgehead atoms. The first-order chi connectivity index (χ1) is 6.20. The number of hydrogen-bond donors (Lipinski definition) is 1. The molecule has 0 amide bonds. The Hall–Kier alpha value is -0.0400. The van der Waals surface area contributed by atoms with Crippen molar-refractivity contribution in [3.63, 3.8) is 0 Å². The van der Waals surface area contributed by atoms with Crippen molar-refractivity contribution in [3.05, 3.63) is 0 Å². The number of hydrogen-bond acceptors (Lipinski definition) is 1. The molecule has 76 valence electrons.